The van der Waals surface area contributed by atoms with E-state index in [1.165, 1.54) is 30.2 Å². The normalized spacial score (nSPS) is 14.4. The van der Waals surface area contributed by atoms with E-state index in [1.54, 1.807) is 12.1 Å². The van der Waals surface area contributed by atoms with Gasteiger partial charge in [-0.3, -0.25) is 4.79 Å². The lowest BCUT2D eigenvalue weighted by molar-refractivity contribution is -0.146. The first-order valence-corrected chi connectivity index (χ1v) is 12.8. The largest absolute Gasteiger partial charge is 0.479 e. The highest BCUT2D eigenvalue weighted by Crippen LogP contribution is 2.29. The molecule has 0 aromatic heterocycles. The fourth-order valence-electron chi connectivity index (χ4n) is 4.43. The number of nitrogens with one attached hydrogen (secondary N) is 3. The van der Waals surface area contributed by atoms with Crippen LogP contribution in [0.4, 0.5) is 19.3 Å². The minimum Gasteiger partial charge on any atom is -0.479 e. The van der Waals surface area contributed by atoms with Crippen LogP contribution in [0.5, 0.6) is 0 Å². The third-order valence-electron chi connectivity index (χ3n) is 6.61. The van der Waals surface area contributed by atoms with Crippen LogP contribution in [-0.4, -0.2) is 40.8 Å². The van der Waals surface area contributed by atoms with Crippen molar-refractivity contribution in [1.82, 2.24) is 10.6 Å². The van der Waals surface area contributed by atoms with Crippen LogP contribution in [0.1, 0.15) is 58.8 Å². The zero-order chi connectivity index (χ0) is 28.6. The lowest BCUT2D eigenvalue weighted by Gasteiger charge is -2.21. The Bertz CT molecular complexity index is 1410. The number of aliphatic hydroxyl groups excluding tert-OH is 1. The Balaban J connectivity index is 1.55. The summed E-state index contributed by atoms with van der Waals surface area (Å²) in [5.41, 5.74) is 4.07. The molecule has 3 aromatic carbocycles. The van der Waals surface area contributed by atoms with Crippen LogP contribution in [0.3, 0.4) is 0 Å². The number of hydrogen-bond donors (Lipinski definition) is 5. The second-order valence-corrected chi connectivity index (χ2v) is 9.44. The molecule has 4 rings (SSSR count). The molecule has 5 N–H and O–H groups in total. The van der Waals surface area contributed by atoms with Crippen molar-refractivity contribution >= 4 is 29.2 Å². The number of rotatable bonds is 9. The van der Waals surface area contributed by atoms with Crippen LogP contribution in [0.15, 0.2) is 72.8 Å². The van der Waals surface area contributed by atoms with E-state index in [4.69, 9.17) is 5.11 Å². The highest BCUT2D eigenvalue weighted by Gasteiger charge is 2.20. The minimum atomic E-state index is -1.72. The Labute approximate surface area is 229 Å². The number of urea groups is 1. The van der Waals surface area contributed by atoms with Crippen molar-refractivity contribution in [3.05, 3.63) is 107 Å². The second-order valence-electron chi connectivity index (χ2n) is 9.44. The number of carbonyl (C=O) groups excluding carboxylic acids is 2. The summed E-state index contributed by atoms with van der Waals surface area (Å²) in [6, 6.07) is 15.8. The number of allylic oxidation sites excluding steroid dienone is 2. The first-order valence-electron chi connectivity index (χ1n) is 12.8. The average molecular weight is 550 g/mol. The van der Waals surface area contributed by atoms with Crippen molar-refractivity contribution < 1.29 is 33.4 Å². The Kier molecular flexibility index (Phi) is 9.23. The van der Waals surface area contributed by atoms with Crippen LogP contribution in [0.25, 0.3) is 5.57 Å². The van der Waals surface area contributed by atoms with Crippen molar-refractivity contribution in [3.63, 3.8) is 0 Å². The van der Waals surface area contributed by atoms with Gasteiger partial charge in [-0.25, -0.2) is 18.4 Å². The topological polar surface area (TPSA) is 128 Å². The van der Waals surface area contributed by atoms with Crippen LogP contribution in [-0.2, 0) is 4.79 Å². The van der Waals surface area contributed by atoms with E-state index in [9.17, 15) is 28.3 Å². The molecule has 0 spiro atoms. The Hall–Kier alpha value is -4.57. The van der Waals surface area contributed by atoms with Crippen LogP contribution < -0.4 is 16.0 Å². The number of halogens is 2. The number of anilines is 1. The van der Waals surface area contributed by atoms with Gasteiger partial charge in [0, 0.05) is 17.3 Å². The van der Waals surface area contributed by atoms with Gasteiger partial charge in [0.05, 0.1) is 12.6 Å². The standard InChI is InChI=1S/C30H29F2N3O5/c31-24-15-14-23(16-25(24)32)34-30(40)35-27(20-8-6-19(7-9-20)18-4-2-1-3-5-18)21-10-12-22(13-11-21)28(37)33-17-26(36)29(38)39/h4,6-16,26-27,36H,1-3,5,17H2,(H,33,37)(H,38,39)(H2,34,35,40). The molecule has 0 heterocycles. The fraction of sp³-hybridized carbons (Fsp3) is 0.233. The molecular formula is C30H29F2N3O5. The summed E-state index contributed by atoms with van der Waals surface area (Å²) in [6.45, 7) is -0.451. The highest BCUT2D eigenvalue weighted by molar-refractivity contribution is 5.94. The zero-order valence-electron chi connectivity index (χ0n) is 21.5. The number of carboxylic acids is 1. The number of benzene rings is 3. The summed E-state index contributed by atoms with van der Waals surface area (Å²) in [5.74, 6) is -4.14. The number of amides is 3. The monoisotopic (exact) mass is 549 g/mol. The molecule has 0 bridgehead atoms. The van der Waals surface area contributed by atoms with Crippen molar-refractivity contribution in [2.75, 3.05) is 11.9 Å². The number of aliphatic hydroxyl groups is 1. The van der Waals surface area contributed by atoms with Gasteiger partial charge in [-0.1, -0.05) is 42.5 Å². The second kappa shape index (κ2) is 13.0. The van der Waals surface area contributed by atoms with Crippen LogP contribution in [0, 0.1) is 11.6 Å². The molecule has 1 aliphatic carbocycles. The Morgan fingerprint density at radius 1 is 0.875 bits per heavy atom. The van der Waals surface area contributed by atoms with E-state index in [2.05, 4.69) is 22.0 Å². The first kappa shape index (κ1) is 28.4. The van der Waals surface area contributed by atoms with Gasteiger partial charge in [-0.15, -0.1) is 0 Å². The summed E-state index contributed by atoms with van der Waals surface area (Å²) in [6.07, 6.45) is 4.87. The fourth-order valence-corrected chi connectivity index (χ4v) is 4.43. The van der Waals surface area contributed by atoms with Gasteiger partial charge in [-0.05, 0) is 72.2 Å². The van der Waals surface area contributed by atoms with Gasteiger partial charge in [-0.2, -0.15) is 0 Å². The highest BCUT2D eigenvalue weighted by atomic mass is 19.2. The Morgan fingerprint density at radius 2 is 1.55 bits per heavy atom. The molecular weight excluding hydrogens is 520 g/mol. The van der Waals surface area contributed by atoms with E-state index >= 15 is 0 Å². The third kappa shape index (κ3) is 7.29. The maximum absolute atomic E-state index is 13.6. The summed E-state index contributed by atoms with van der Waals surface area (Å²) in [5, 5.41) is 25.9. The molecule has 8 nitrogen and oxygen atoms in total. The molecule has 208 valence electrons. The molecule has 0 fully saturated rings. The lowest BCUT2D eigenvalue weighted by atomic mass is 9.91. The van der Waals surface area contributed by atoms with E-state index in [-0.39, 0.29) is 11.3 Å². The first-order chi connectivity index (χ1) is 19.2. The number of hydrogen-bond acceptors (Lipinski definition) is 4. The smallest absolute Gasteiger partial charge is 0.334 e. The van der Waals surface area contributed by atoms with Gasteiger partial charge in [0.25, 0.3) is 5.91 Å². The SMILES string of the molecule is O=C(Nc1ccc(F)c(F)c1)NC(c1ccc(C(=O)NCC(O)C(=O)O)cc1)c1ccc(C2=CCCCC2)cc1. The van der Waals surface area contributed by atoms with E-state index in [0.29, 0.717) is 5.56 Å². The molecule has 40 heavy (non-hydrogen) atoms. The van der Waals surface area contributed by atoms with Crippen molar-refractivity contribution in [2.45, 2.75) is 37.8 Å². The van der Waals surface area contributed by atoms with E-state index in [1.807, 2.05) is 24.3 Å². The molecule has 10 heteroatoms. The predicted octanol–water partition coefficient (Wildman–Crippen LogP) is 5.01. The summed E-state index contributed by atoms with van der Waals surface area (Å²) in [4.78, 5) is 36.0. The molecule has 3 amide bonds. The van der Waals surface area contributed by atoms with Crippen molar-refractivity contribution in [2.24, 2.45) is 0 Å². The average Bonchev–Trinajstić information content (AvgIpc) is 2.97. The molecule has 0 radical (unpaired) electrons. The maximum Gasteiger partial charge on any atom is 0.334 e. The van der Waals surface area contributed by atoms with E-state index in [0.717, 1.165) is 42.5 Å². The molecule has 3 aromatic rings. The van der Waals surface area contributed by atoms with Gasteiger partial charge in [0.2, 0.25) is 0 Å². The quantitative estimate of drug-likeness (QED) is 0.256. The molecule has 2 unspecified atom stereocenters. The minimum absolute atomic E-state index is 0.0744. The summed E-state index contributed by atoms with van der Waals surface area (Å²) in [7, 11) is 0. The maximum atomic E-state index is 13.6. The number of aliphatic carboxylic acids is 1. The predicted molar refractivity (Wildman–Crippen MR) is 146 cm³/mol. The summed E-state index contributed by atoms with van der Waals surface area (Å²) >= 11 is 0. The van der Waals surface area contributed by atoms with Crippen LogP contribution in [0.2, 0.25) is 0 Å². The van der Waals surface area contributed by atoms with Gasteiger partial charge in [0.1, 0.15) is 0 Å². The van der Waals surface area contributed by atoms with Gasteiger partial charge >= 0.3 is 12.0 Å². The molecule has 0 aliphatic heterocycles. The van der Waals surface area contributed by atoms with Crippen molar-refractivity contribution in [1.29, 1.82) is 0 Å². The Morgan fingerprint density at radius 3 is 2.15 bits per heavy atom. The lowest BCUT2D eigenvalue weighted by Crippen LogP contribution is -2.36. The van der Waals surface area contributed by atoms with E-state index < -0.39 is 48.2 Å². The molecule has 0 saturated heterocycles. The van der Waals surface area contributed by atoms with Crippen molar-refractivity contribution in [3.8, 4) is 0 Å². The number of carbonyl (C=O) groups is 3. The van der Waals surface area contributed by atoms with Crippen LogP contribution >= 0.6 is 0 Å². The van der Waals surface area contributed by atoms with Gasteiger partial charge < -0.3 is 26.2 Å². The van der Waals surface area contributed by atoms with Gasteiger partial charge in [0.15, 0.2) is 17.7 Å². The third-order valence-corrected chi connectivity index (χ3v) is 6.61. The zero-order valence-corrected chi connectivity index (χ0v) is 21.5. The number of carboxylic acid groups (broad SMARTS) is 1. The molecule has 0 saturated carbocycles. The summed E-state index contributed by atoms with van der Waals surface area (Å²) < 4.78 is 26.9. The molecule has 2 atom stereocenters. The molecule has 1 aliphatic rings.